The van der Waals surface area contributed by atoms with Crippen molar-refractivity contribution in [3.63, 3.8) is 0 Å². The van der Waals surface area contributed by atoms with E-state index in [1.165, 1.54) is 18.5 Å². The van der Waals surface area contributed by atoms with Crippen molar-refractivity contribution in [3.8, 4) is 12.3 Å². The Morgan fingerprint density at radius 2 is 2.67 bits per heavy atom. The van der Waals surface area contributed by atoms with E-state index in [-0.39, 0.29) is 0 Å². The molecule has 0 spiro atoms. The predicted molar refractivity (Wildman–Crippen MR) is 60.4 cm³/mol. The lowest BCUT2D eigenvalue weighted by molar-refractivity contribution is 0.499. The molecule has 1 fully saturated rings. The van der Waals surface area contributed by atoms with Crippen LogP contribution < -0.4 is 5.32 Å². The van der Waals surface area contributed by atoms with Gasteiger partial charge < -0.3 is 9.88 Å². The van der Waals surface area contributed by atoms with Crippen molar-refractivity contribution >= 4 is 0 Å². The summed E-state index contributed by atoms with van der Waals surface area (Å²) >= 11 is 0. The Kier molecular flexibility index (Phi) is 3.08. The molecule has 1 aliphatic heterocycles. The molecule has 1 N–H and O–H groups in total. The van der Waals surface area contributed by atoms with E-state index < -0.39 is 0 Å². The highest BCUT2D eigenvalue weighted by Crippen LogP contribution is 2.25. The second-order valence-electron chi connectivity index (χ2n) is 4.13. The van der Waals surface area contributed by atoms with Crippen LogP contribution in [-0.2, 0) is 0 Å². The lowest BCUT2D eigenvalue weighted by Crippen LogP contribution is -2.18. The van der Waals surface area contributed by atoms with Crippen LogP contribution in [0.1, 0.15) is 44.0 Å². The molecule has 2 heterocycles. The second-order valence-corrected chi connectivity index (χ2v) is 4.13. The molecular weight excluding hydrogens is 186 g/mol. The minimum Gasteiger partial charge on any atom is -0.329 e. The first-order valence-electron chi connectivity index (χ1n) is 5.51. The van der Waals surface area contributed by atoms with Gasteiger partial charge in [-0.2, -0.15) is 0 Å². The van der Waals surface area contributed by atoms with Gasteiger partial charge in [-0.25, -0.2) is 4.98 Å². The molecule has 3 heteroatoms. The number of aromatic nitrogens is 2. The van der Waals surface area contributed by atoms with Crippen molar-refractivity contribution in [2.24, 2.45) is 0 Å². The maximum atomic E-state index is 5.34. The molecule has 2 unspecified atom stereocenters. The first-order valence-corrected chi connectivity index (χ1v) is 5.51. The molecule has 15 heavy (non-hydrogen) atoms. The summed E-state index contributed by atoms with van der Waals surface area (Å²) in [6.07, 6.45) is 12.4. The Morgan fingerprint density at radius 3 is 3.33 bits per heavy atom. The first-order chi connectivity index (χ1) is 7.33. The number of hydrogen-bond acceptors (Lipinski definition) is 2. The minimum absolute atomic E-state index is 0.342. The number of rotatable bonds is 3. The van der Waals surface area contributed by atoms with Crippen LogP contribution in [0, 0.1) is 12.3 Å². The predicted octanol–water partition coefficient (Wildman–Crippen LogP) is 1.89. The highest BCUT2D eigenvalue weighted by atomic mass is 15.1. The Labute approximate surface area is 90.9 Å². The molecule has 80 valence electrons. The molecule has 1 aliphatic rings. The molecule has 2 atom stereocenters. The van der Waals surface area contributed by atoms with Crippen LogP contribution in [0.5, 0.6) is 0 Å². The van der Waals surface area contributed by atoms with Gasteiger partial charge in [0.05, 0.1) is 12.0 Å². The van der Waals surface area contributed by atoms with E-state index >= 15 is 0 Å². The van der Waals surface area contributed by atoms with E-state index in [1.54, 1.807) is 0 Å². The number of nitrogens with zero attached hydrogens (tertiary/aromatic N) is 2. The first kappa shape index (κ1) is 10.3. The molecule has 0 bridgehead atoms. The van der Waals surface area contributed by atoms with E-state index in [0.29, 0.717) is 12.1 Å². The number of imidazole rings is 1. The van der Waals surface area contributed by atoms with Crippen molar-refractivity contribution in [1.29, 1.82) is 0 Å². The van der Waals surface area contributed by atoms with Crippen LogP contribution in [0.15, 0.2) is 12.5 Å². The Balaban J connectivity index is 2.17. The summed E-state index contributed by atoms with van der Waals surface area (Å²) in [6.45, 7) is 3.25. The van der Waals surface area contributed by atoms with Crippen LogP contribution in [-0.4, -0.2) is 16.1 Å². The van der Waals surface area contributed by atoms with Crippen molar-refractivity contribution in [3.05, 3.63) is 18.2 Å². The van der Waals surface area contributed by atoms with E-state index in [2.05, 4.69) is 27.7 Å². The lowest BCUT2D eigenvalue weighted by Gasteiger charge is -2.18. The summed E-state index contributed by atoms with van der Waals surface area (Å²) in [5.41, 5.74) is 1.27. The maximum absolute atomic E-state index is 5.34. The Morgan fingerprint density at radius 1 is 1.80 bits per heavy atom. The molecule has 0 saturated carbocycles. The van der Waals surface area contributed by atoms with Crippen LogP contribution in [0.4, 0.5) is 0 Å². The molecule has 1 saturated heterocycles. The maximum Gasteiger partial charge on any atom is 0.0951 e. The molecule has 0 aliphatic carbocycles. The van der Waals surface area contributed by atoms with Crippen molar-refractivity contribution < 1.29 is 0 Å². The summed E-state index contributed by atoms with van der Waals surface area (Å²) in [6, 6.07) is 0.808. The van der Waals surface area contributed by atoms with Gasteiger partial charge in [-0.1, -0.05) is 0 Å². The highest BCUT2D eigenvalue weighted by molar-refractivity contribution is 5.09. The molecule has 3 nitrogen and oxygen atoms in total. The molecule has 0 radical (unpaired) electrons. The van der Waals surface area contributed by atoms with Gasteiger partial charge in [0.2, 0.25) is 0 Å². The zero-order chi connectivity index (χ0) is 10.7. The third-order valence-electron chi connectivity index (χ3n) is 3.00. The second kappa shape index (κ2) is 4.50. The summed E-state index contributed by atoms with van der Waals surface area (Å²) in [4.78, 5) is 4.22. The average molecular weight is 203 g/mol. The van der Waals surface area contributed by atoms with Gasteiger partial charge in [0.25, 0.3) is 0 Å². The van der Waals surface area contributed by atoms with Gasteiger partial charge in [0.15, 0.2) is 0 Å². The molecule has 0 amide bonds. The van der Waals surface area contributed by atoms with Gasteiger partial charge in [-0.05, 0) is 26.3 Å². The molecule has 0 aromatic carbocycles. The third-order valence-corrected chi connectivity index (χ3v) is 3.00. The van der Waals surface area contributed by atoms with E-state index in [9.17, 15) is 0 Å². The zero-order valence-corrected chi connectivity index (χ0v) is 9.11. The van der Waals surface area contributed by atoms with Crippen molar-refractivity contribution in [1.82, 2.24) is 14.9 Å². The fraction of sp³-hybridized carbons (Fsp3) is 0.583. The largest absolute Gasteiger partial charge is 0.329 e. The summed E-state index contributed by atoms with van der Waals surface area (Å²) in [5, 5.41) is 3.48. The normalized spacial score (nSPS) is 22.5. The van der Waals surface area contributed by atoms with E-state index in [1.807, 2.05) is 12.5 Å². The molecule has 1 aromatic heterocycles. The van der Waals surface area contributed by atoms with Crippen LogP contribution in [0.25, 0.3) is 0 Å². The number of hydrogen-bond donors (Lipinski definition) is 1. The molecule has 2 rings (SSSR count). The summed E-state index contributed by atoms with van der Waals surface area (Å²) in [5.74, 6) is 2.70. The summed E-state index contributed by atoms with van der Waals surface area (Å²) < 4.78 is 2.20. The monoisotopic (exact) mass is 203 g/mol. The van der Waals surface area contributed by atoms with Gasteiger partial charge in [0.1, 0.15) is 0 Å². The molecular formula is C12H17N3. The SMILES string of the molecule is C#CCC(C)n1cncc1C1CCCN1. The smallest absolute Gasteiger partial charge is 0.0951 e. The van der Waals surface area contributed by atoms with E-state index in [4.69, 9.17) is 6.42 Å². The van der Waals surface area contributed by atoms with E-state index in [0.717, 1.165) is 13.0 Å². The lowest BCUT2D eigenvalue weighted by atomic mass is 10.1. The Hall–Kier alpha value is -1.27. The van der Waals surface area contributed by atoms with Gasteiger partial charge in [0, 0.05) is 24.7 Å². The van der Waals surface area contributed by atoms with Crippen molar-refractivity contribution in [2.45, 2.75) is 38.3 Å². The van der Waals surface area contributed by atoms with Crippen LogP contribution in [0.3, 0.4) is 0 Å². The fourth-order valence-electron chi connectivity index (χ4n) is 2.16. The van der Waals surface area contributed by atoms with Crippen molar-refractivity contribution in [2.75, 3.05) is 6.54 Å². The number of terminal acetylenes is 1. The fourth-order valence-corrected chi connectivity index (χ4v) is 2.16. The standard InChI is InChI=1S/C12H17N3/c1-3-5-10(2)15-9-13-8-12(15)11-6-4-7-14-11/h1,8-11,14H,4-7H2,2H3. The average Bonchev–Trinajstić information content (AvgIpc) is 2.88. The van der Waals surface area contributed by atoms with Gasteiger partial charge in [-0.15, -0.1) is 12.3 Å². The third kappa shape index (κ3) is 2.05. The van der Waals surface area contributed by atoms with Gasteiger partial charge in [-0.3, -0.25) is 0 Å². The summed E-state index contributed by atoms with van der Waals surface area (Å²) in [7, 11) is 0. The quantitative estimate of drug-likeness (QED) is 0.760. The topological polar surface area (TPSA) is 29.9 Å². The zero-order valence-electron chi connectivity index (χ0n) is 9.11. The van der Waals surface area contributed by atoms with Crippen LogP contribution >= 0.6 is 0 Å². The van der Waals surface area contributed by atoms with Gasteiger partial charge >= 0.3 is 0 Å². The van der Waals surface area contributed by atoms with Crippen LogP contribution in [0.2, 0.25) is 0 Å². The Bertz CT molecular complexity index is 355. The number of nitrogens with one attached hydrogen (secondary N) is 1. The highest BCUT2D eigenvalue weighted by Gasteiger charge is 2.21. The minimum atomic E-state index is 0.342. The molecule has 1 aromatic rings.